The topological polar surface area (TPSA) is 77.8 Å². The van der Waals surface area contributed by atoms with Gasteiger partial charge in [-0.2, -0.15) is 0 Å². The molecule has 1 saturated heterocycles. The fraction of sp³-hybridized carbons (Fsp3) is 0.458. The van der Waals surface area contributed by atoms with Gasteiger partial charge in [0.05, 0.1) is 25.8 Å². The molecule has 0 bridgehead atoms. The maximum absolute atomic E-state index is 5.97. The monoisotopic (exact) mass is 551 g/mol. The number of halogens is 1. The van der Waals surface area contributed by atoms with Crippen LogP contribution in [0.15, 0.2) is 52.0 Å². The number of morpholine rings is 1. The van der Waals surface area contributed by atoms with Crippen LogP contribution < -0.4 is 10.6 Å². The molecule has 1 unspecified atom stereocenters. The van der Waals surface area contributed by atoms with Crippen LogP contribution in [0.25, 0.3) is 10.9 Å². The van der Waals surface area contributed by atoms with E-state index < -0.39 is 0 Å². The lowest BCUT2D eigenvalue weighted by Gasteiger charge is -2.32. The average molecular weight is 551 g/mol. The molecule has 1 aromatic carbocycles. The molecule has 0 amide bonds. The maximum atomic E-state index is 5.97. The van der Waals surface area contributed by atoms with Crippen LogP contribution in [0.3, 0.4) is 0 Å². The Balaban J connectivity index is 0.00000289. The summed E-state index contributed by atoms with van der Waals surface area (Å²) in [5, 5.41) is 8.15. The summed E-state index contributed by atoms with van der Waals surface area (Å²) >= 11 is 0. The van der Waals surface area contributed by atoms with Crippen LogP contribution in [0.1, 0.15) is 30.0 Å². The number of hydrogen-bond acceptors (Lipinski definition) is 4. The SMILES string of the molecule is CCNC(=NCC(c1ccc(C)o1)N1CCOCC1)NCCc1c[nH]c2ccccc12.I. The van der Waals surface area contributed by atoms with Gasteiger partial charge in [-0.05, 0) is 44.0 Å². The van der Waals surface area contributed by atoms with Crippen molar-refractivity contribution in [2.24, 2.45) is 4.99 Å². The van der Waals surface area contributed by atoms with Gasteiger partial charge in [-0.15, -0.1) is 24.0 Å². The number of nitrogens with zero attached hydrogens (tertiary/aromatic N) is 2. The van der Waals surface area contributed by atoms with E-state index in [-0.39, 0.29) is 30.0 Å². The molecule has 7 nitrogen and oxygen atoms in total. The number of aromatic nitrogens is 1. The Labute approximate surface area is 207 Å². The Morgan fingerprint density at radius 2 is 1.97 bits per heavy atom. The minimum absolute atomic E-state index is 0. The van der Waals surface area contributed by atoms with Gasteiger partial charge in [0, 0.05) is 43.3 Å². The van der Waals surface area contributed by atoms with Gasteiger partial charge in [-0.25, -0.2) is 0 Å². The summed E-state index contributed by atoms with van der Waals surface area (Å²) in [5.41, 5.74) is 2.50. The number of guanidine groups is 1. The largest absolute Gasteiger partial charge is 0.465 e. The van der Waals surface area contributed by atoms with Gasteiger partial charge in [0.15, 0.2) is 5.96 Å². The van der Waals surface area contributed by atoms with Crippen molar-refractivity contribution in [3.63, 3.8) is 0 Å². The number of hydrogen-bond donors (Lipinski definition) is 3. The maximum Gasteiger partial charge on any atom is 0.191 e. The van der Waals surface area contributed by atoms with Crippen molar-refractivity contribution in [3.05, 3.63) is 59.7 Å². The smallest absolute Gasteiger partial charge is 0.191 e. The van der Waals surface area contributed by atoms with Crippen molar-refractivity contribution in [2.45, 2.75) is 26.3 Å². The lowest BCUT2D eigenvalue weighted by molar-refractivity contribution is 0.0135. The highest BCUT2D eigenvalue weighted by atomic mass is 127. The highest BCUT2D eigenvalue weighted by molar-refractivity contribution is 14.0. The second-order valence-electron chi connectivity index (χ2n) is 7.87. The summed E-state index contributed by atoms with van der Waals surface area (Å²) in [7, 11) is 0. The van der Waals surface area contributed by atoms with E-state index >= 15 is 0 Å². The molecule has 32 heavy (non-hydrogen) atoms. The van der Waals surface area contributed by atoms with Crippen molar-refractivity contribution >= 4 is 40.8 Å². The summed E-state index contributed by atoms with van der Waals surface area (Å²) in [4.78, 5) is 10.7. The highest BCUT2D eigenvalue weighted by Crippen LogP contribution is 2.24. The van der Waals surface area contributed by atoms with E-state index in [1.54, 1.807) is 0 Å². The molecule has 3 heterocycles. The van der Waals surface area contributed by atoms with Gasteiger partial charge >= 0.3 is 0 Å². The van der Waals surface area contributed by atoms with E-state index in [4.69, 9.17) is 14.1 Å². The molecule has 1 fully saturated rings. The second-order valence-corrected chi connectivity index (χ2v) is 7.87. The van der Waals surface area contributed by atoms with E-state index in [1.807, 2.05) is 13.0 Å². The van der Waals surface area contributed by atoms with E-state index in [0.717, 1.165) is 63.3 Å². The summed E-state index contributed by atoms with van der Waals surface area (Å²) in [6, 6.07) is 12.6. The molecular formula is C24H34IN5O2. The zero-order chi connectivity index (χ0) is 21.5. The lowest BCUT2D eigenvalue weighted by Crippen LogP contribution is -2.42. The third kappa shape index (κ3) is 6.26. The lowest BCUT2D eigenvalue weighted by atomic mass is 10.1. The molecule has 1 aliphatic heterocycles. The fourth-order valence-electron chi connectivity index (χ4n) is 4.08. The molecule has 2 aromatic heterocycles. The van der Waals surface area contributed by atoms with Crippen LogP contribution in [0.5, 0.6) is 0 Å². The summed E-state index contributed by atoms with van der Waals surface area (Å²) in [5.74, 6) is 2.74. The number of para-hydroxylation sites is 1. The second kappa shape index (κ2) is 12.3. The third-order valence-electron chi connectivity index (χ3n) is 5.70. The average Bonchev–Trinajstić information content (AvgIpc) is 3.41. The van der Waals surface area contributed by atoms with Crippen molar-refractivity contribution < 1.29 is 9.15 Å². The predicted molar refractivity (Wildman–Crippen MR) is 140 cm³/mol. The first-order valence-corrected chi connectivity index (χ1v) is 11.2. The minimum atomic E-state index is 0. The van der Waals surface area contributed by atoms with Crippen LogP contribution in [0.4, 0.5) is 0 Å². The minimum Gasteiger partial charge on any atom is -0.465 e. The van der Waals surface area contributed by atoms with Crippen LogP contribution in [0, 0.1) is 6.92 Å². The van der Waals surface area contributed by atoms with Crippen LogP contribution in [0.2, 0.25) is 0 Å². The number of benzene rings is 1. The first-order valence-electron chi connectivity index (χ1n) is 11.2. The Bertz CT molecular complexity index is 993. The quantitative estimate of drug-likeness (QED) is 0.225. The Morgan fingerprint density at radius 1 is 1.16 bits per heavy atom. The van der Waals surface area contributed by atoms with E-state index in [1.165, 1.54) is 16.5 Å². The highest BCUT2D eigenvalue weighted by Gasteiger charge is 2.25. The number of nitrogens with one attached hydrogen (secondary N) is 3. The molecule has 1 aliphatic rings. The van der Waals surface area contributed by atoms with E-state index in [9.17, 15) is 0 Å². The zero-order valence-corrected chi connectivity index (χ0v) is 21.2. The van der Waals surface area contributed by atoms with Crippen LogP contribution in [-0.4, -0.2) is 61.8 Å². The number of aliphatic imine (C=N–C) groups is 1. The summed E-state index contributed by atoms with van der Waals surface area (Å²) in [6.07, 6.45) is 3.03. The summed E-state index contributed by atoms with van der Waals surface area (Å²) in [6.45, 7) is 9.64. The molecule has 3 N–H and O–H groups in total. The molecule has 4 rings (SSSR count). The van der Waals surface area contributed by atoms with E-state index in [0.29, 0.717) is 6.54 Å². The number of aromatic amines is 1. The number of furan rings is 1. The molecule has 3 aromatic rings. The van der Waals surface area contributed by atoms with Gasteiger partial charge in [-0.3, -0.25) is 9.89 Å². The number of aryl methyl sites for hydroxylation is 1. The Morgan fingerprint density at radius 3 is 2.72 bits per heavy atom. The number of H-pyrrole nitrogens is 1. The number of fused-ring (bicyclic) bond motifs is 1. The van der Waals surface area contributed by atoms with Crippen molar-refractivity contribution in [3.8, 4) is 0 Å². The van der Waals surface area contributed by atoms with Crippen molar-refractivity contribution in [1.82, 2.24) is 20.5 Å². The van der Waals surface area contributed by atoms with Crippen LogP contribution in [-0.2, 0) is 11.2 Å². The third-order valence-corrected chi connectivity index (χ3v) is 5.70. The normalized spacial score (nSPS) is 16.0. The van der Waals surface area contributed by atoms with Crippen LogP contribution >= 0.6 is 24.0 Å². The van der Waals surface area contributed by atoms with E-state index in [2.05, 4.69) is 64.0 Å². The summed E-state index contributed by atoms with van der Waals surface area (Å²) < 4.78 is 11.5. The standard InChI is InChI=1S/C24H33N5O2.HI/c1-3-25-24(26-11-10-19-16-27-21-7-5-4-6-20(19)21)28-17-22(23-9-8-18(2)31-23)29-12-14-30-15-13-29;/h4-9,16,22,27H,3,10-15,17H2,1-2H3,(H2,25,26,28);1H. The molecule has 174 valence electrons. The van der Waals surface area contributed by atoms with Crippen molar-refractivity contribution in [2.75, 3.05) is 45.9 Å². The molecule has 8 heteroatoms. The number of ether oxygens (including phenoxy) is 1. The number of rotatable bonds is 8. The first-order chi connectivity index (χ1) is 15.2. The first kappa shape index (κ1) is 24.6. The van der Waals surface area contributed by atoms with Crippen molar-refractivity contribution in [1.29, 1.82) is 0 Å². The fourth-order valence-corrected chi connectivity index (χ4v) is 4.08. The molecule has 0 radical (unpaired) electrons. The van der Waals surface area contributed by atoms with Gasteiger partial charge in [0.1, 0.15) is 11.5 Å². The predicted octanol–water partition coefficient (Wildman–Crippen LogP) is 3.86. The Hall–Kier alpha value is -2.04. The molecular weight excluding hydrogens is 517 g/mol. The van der Waals surface area contributed by atoms with Gasteiger partial charge in [0.2, 0.25) is 0 Å². The molecule has 1 atom stereocenters. The van der Waals surface area contributed by atoms with Gasteiger partial charge < -0.3 is 24.8 Å². The molecule has 0 spiro atoms. The zero-order valence-electron chi connectivity index (χ0n) is 18.9. The Kier molecular flexibility index (Phi) is 9.43. The molecule has 0 aliphatic carbocycles. The van der Waals surface area contributed by atoms with Gasteiger partial charge in [0.25, 0.3) is 0 Å². The van der Waals surface area contributed by atoms with Gasteiger partial charge in [-0.1, -0.05) is 18.2 Å². The molecule has 0 saturated carbocycles.